The largest absolute Gasteiger partial charge is 0.357 e. The molecule has 1 saturated heterocycles. The molecule has 3 rings (SSSR count). The molecule has 0 aliphatic carbocycles. The van der Waals surface area contributed by atoms with Crippen molar-refractivity contribution < 1.29 is 0 Å². The van der Waals surface area contributed by atoms with E-state index in [1.165, 1.54) is 5.56 Å². The Morgan fingerprint density at radius 1 is 1.10 bits per heavy atom. The number of nitrogens with one attached hydrogen (secondary N) is 1. The van der Waals surface area contributed by atoms with Crippen LogP contribution in [-0.2, 0) is 13.1 Å². The molecule has 0 saturated carbocycles. The topological polar surface area (TPSA) is 47.0 Å². The number of likely N-dealkylation sites (N-methyl/N-ethyl adjacent to an activating group) is 1. The first-order chi connectivity index (χ1) is 14.0. The van der Waals surface area contributed by atoms with E-state index in [1.54, 1.807) is 0 Å². The zero-order chi connectivity index (χ0) is 20.6. The van der Waals surface area contributed by atoms with Gasteiger partial charge in [-0.25, -0.2) is 9.98 Å². The van der Waals surface area contributed by atoms with Gasteiger partial charge < -0.3 is 20.0 Å². The van der Waals surface area contributed by atoms with Gasteiger partial charge in [0.05, 0.1) is 6.54 Å². The molecule has 1 aromatic carbocycles. The number of benzene rings is 1. The van der Waals surface area contributed by atoms with Crippen molar-refractivity contribution >= 4 is 47.4 Å². The molecule has 6 nitrogen and oxygen atoms in total. The molecule has 164 valence electrons. The van der Waals surface area contributed by atoms with E-state index < -0.39 is 0 Å². The first-order valence-electron chi connectivity index (χ1n) is 10.2. The molecule has 1 aromatic heterocycles. The summed E-state index contributed by atoms with van der Waals surface area (Å²) in [5.41, 5.74) is 2.30. The maximum Gasteiger partial charge on any atom is 0.194 e. The van der Waals surface area contributed by atoms with Crippen molar-refractivity contribution in [3.05, 3.63) is 58.7 Å². The van der Waals surface area contributed by atoms with Gasteiger partial charge in [0.1, 0.15) is 5.82 Å². The van der Waals surface area contributed by atoms with Crippen LogP contribution >= 0.6 is 35.6 Å². The van der Waals surface area contributed by atoms with Crippen LogP contribution in [0.25, 0.3) is 0 Å². The van der Waals surface area contributed by atoms with Crippen LogP contribution in [0.4, 0.5) is 5.82 Å². The average Bonchev–Trinajstić information content (AvgIpc) is 2.74. The smallest absolute Gasteiger partial charge is 0.194 e. The van der Waals surface area contributed by atoms with E-state index >= 15 is 0 Å². The highest BCUT2D eigenvalue weighted by molar-refractivity contribution is 14.0. The fourth-order valence-electron chi connectivity index (χ4n) is 3.31. The summed E-state index contributed by atoms with van der Waals surface area (Å²) >= 11 is 5.98. The summed E-state index contributed by atoms with van der Waals surface area (Å²) in [6.07, 6.45) is 1.94. The minimum Gasteiger partial charge on any atom is -0.357 e. The Balaban J connectivity index is 0.00000320. The van der Waals surface area contributed by atoms with Gasteiger partial charge in [0.25, 0.3) is 0 Å². The van der Waals surface area contributed by atoms with E-state index in [-0.39, 0.29) is 24.0 Å². The lowest BCUT2D eigenvalue weighted by Gasteiger charge is -2.33. The molecule has 0 spiro atoms. The summed E-state index contributed by atoms with van der Waals surface area (Å²) in [7, 11) is 4.21. The lowest BCUT2D eigenvalue weighted by molar-refractivity contribution is 0.312. The van der Waals surface area contributed by atoms with Gasteiger partial charge in [-0.3, -0.25) is 0 Å². The van der Waals surface area contributed by atoms with E-state index in [1.807, 2.05) is 37.5 Å². The second-order valence-electron chi connectivity index (χ2n) is 7.47. The fourth-order valence-corrected chi connectivity index (χ4v) is 3.43. The molecule has 0 unspecified atom stereocenters. The van der Waals surface area contributed by atoms with Gasteiger partial charge in [-0.1, -0.05) is 29.8 Å². The van der Waals surface area contributed by atoms with Gasteiger partial charge in [-0.2, -0.15) is 0 Å². The highest BCUT2D eigenvalue weighted by Crippen LogP contribution is 2.14. The van der Waals surface area contributed by atoms with E-state index in [9.17, 15) is 0 Å². The van der Waals surface area contributed by atoms with E-state index in [2.05, 4.69) is 51.1 Å². The Morgan fingerprint density at radius 3 is 2.37 bits per heavy atom. The number of halogens is 2. The van der Waals surface area contributed by atoms with Crippen molar-refractivity contribution in [1.29, 1.82) is 0 Å². The van der Waals surface area contributed by atoms with Crippen LogP contribution < -0.4 is 10.2 Å². The maximum atomic E-state index is 5.98. The van der Waals surface area contributed by atoms with E-state index in [4.69, 9.17) is 16.6 Å². The van der Waals surface area contributed by atoms with E-state index in [0.29, 0.717) is 6.54 Å². The summed E-state index contributed by atoms with van der Waals surface area (Å²) in [6.45, 7) is 8.50. The van der Waals surface area contributed by atoms with E-state index in [0.717, 1.165) is 61.6 Å². The lowest BCUT2D eigenvalue weighted by atomic mass is 10.2. The molecule has 0 atom stereocenters. The first-order valence-corrected chi connectivity index (χ1v) is 10.5. The number of pyridine rings is 1. The predicted molar refractivity (Wildman–Crippen MR) is 137 cm³/mol. The Kier molecular flexibility index (Phi) is 10.1. The molecule has 1 N–H and O–H groups in total. The number of hydrogen-bond donors (Lipinski definition) is 1. The van der Waals surface area contributed by atoms with Gasteiger partial charge in [-0.05, 0) is 43.3 Å². The molecule has 2 heterocycles. The number of nitrogens with zero attached hydrogens (tertiary/aromatic N) is 5. The molecule has 0 amide bonds. The van der Waals surface area contributed by atoms with Gasteiger partial charge in [0.15, 0.2) is 5.96 Å². The molecule has 2 aromatic rings. The zero-order valence-electron chi connectivity index (χ0n) is 18.0. The van der Waals surface area contributed by atoms with Gasteiger partial charge in [0, 0.05) is 57.5 Å². The number of guanidine groups is 1. The Hall–Kier alpha value is -1.58. The first kappa shape index (κ1) is 24.7. The monoisotopic (exact) mass is 542 g/mol. The van der Waals surface area contributed by atoms with Crippen molar-refractivity contribution in [2.75, 3.05) is 51.7 Å². The summed E-state index contributed by atoms with van der Waals surface area (Å²) in [6, 6.07) is 12.2. The number of piperazine rings is 1. The average molecular weight is 543 g/mol. The van der Waals surface area contributed by atoms with Crippen molar-refractivity contribution in [2.24, 2.45) is 4.99 Å². The van der Waals surface area contributed by atoms with Crippen molar-refractivity contribution in [2.45, 2.75) is 20.0 Å². The number of aliphatic imine (C=N–C) groups is 1. The molecule has 8 heteroatoms. The second kappa shape index (κ2) is 12.3. The van der Waals surface area contributed by atoms with Gasteiger partial charge in [0.2, 0.25) is 0 Å². The van der Waals surface area contributed by atoms with Crippen molar-refractivity contribution in [3.8, 4) is 0 Å². The minimum absolute atomic E-state index is 0. The van der Waals surface area contributed by atoms with Crippen LogP contribution in [0, 0.1) is 0 Å². The standard InChI is InChI=1S/C22H31ClN6.HI/c1-4-24-22(28(3)17-18-5-8-20(23)9-6-18)26-16-19-7-10-21(25-15-19)29-13-11-27(2)12-14-29;/h5-10,15H,4,11-14,16-17H2,1-3H3,(H,24,26);1H. The van der Waals surface area contributed by atoms with Crippen LogP contribution in [0.5, 0.6) is 0 Å². The highest BCUT2D eigenvalue weighted by Gasteiger charge is 2.15. The molecule has 0 bridgehead atoms. The molecule has 1 aliphatic rings. The Bertz CT molecular complexity index is 788. The number of aromatic nitrogens is 1. The molecular weight excluding hydrogens is 511 g/mol. The van der Waals surface area contributed by atoms with Crippen LogP contribution in [0.2, 0.25) is 5.02 Å². The van der Waals surface area contributed by atoms with Gasteiger partial charge >= 0.3 is 0 Å². The molecule has 1 fully saturated rings. The minimum atomic E-state index is 0. The van der Waals surface area contributed by atoms with Crippen LogP contribution in [0.15, 0.2) is 47.6 Å². The van der Waals surface area contributed by atoms with Gasteiger partial charge in [-0.15, -0.1) is 24.0 Å². The maximum absolute atomic E-state index is 5.98. The summed E-state index contributed by atoms with van der Waals surface area (Å²) in [5.74, 6) is 1.93. The molecule has 1 aliphatic heterocycles. The molecule has 30 heavy (non-hydrogen) atoms. The Labute approximate surface area is 202 Å². The summed E-state index contributed by atoms with van der Waals surface area (Å²) in [4.78, 5) is 16.3. The highest BCUT2D eigenvalue weighted by atomic mass is 127. The Morgan fingerprint density at radius 2 is 1.77 bits per heavy atom. The third-order valence-electron chi connectivity index (χ3n) is 5.08. The van der Waals surface area contributed by atoms with Crippen LogP contribution in [0.3, 0.4) is 0 Å². The third kappa shape index (κ3) is 7.28. The molecule has 0 radical (unpaired) electrons. The second-order valence-corrected chi connectivity index (χ2v) is 7.90. The quantitative estimate of drug-likeness (QED) is 0.343. The van der Waals surface area contributed by atoms with Crippen LogP contribution in [-0.4, -0.2) is 67.6 Å². The number of hydrogen-bond acceptors (Lipinski definition) is 4. The number of anilines is 1. The number of rotatable bonds is 6. The van der Waals surface area contributed by atoms with Crippen LogP contribution in [0.1, 0.15) is 18.1 Å². The normalized spacial score (nSPS) is 14.9. The summed E-state index contributed by atoms with van der Waals surface area (Å²) < 4.78 is 0. The SMILES string of the molecule is CCNC(=NCc1ccc(N2CCN(C)CC2)nc1)N(C)Cc1ccc(Cl)cc1.I. The molecular formula is C22H32ClIN6. The van der Waals surface area contributed by atoms with Crippen molar-refractivity contribution in [3.63, 3.8) is 0 Å². The zero-order valence-corrected chi connectivity index (χ0v) is 21.1. The predicted octanol–water partition coefficient (Wildman–Crippen LogP) is 3.70. The van der Waals surface area contributed by atoms with Crippen molar-refractivity contribution in [1.82, 2.24) is 20.1 Å². The third-order valence-corrected chi connectivity index (χ3v) is 5.33. The fraction of sp³-hybridized carbons (Fsp3) is 0.455. The summed E-state index contributed by atoms with van der Waals surface area (Å²) in [5, 5.41) is 4.12. The lowest BCUT2D eigenvalue weighted by Crippen LogP contribution is -2.44.